The molecule has 0 aliphatic heterocycles. The van der Waals surface area contributed by atoms with E-state index in [1.807, 2.05) is 24.3 Å². The van der Waals surface area contributed by atoms with Crippen molar-refractivity contribution in [2.75, 3.05) is 7.11 Å². The van der Waals surface area contributed by atoms with Gasteiger partial charge in [0, 0.05) is 16.7 Å². The van der Waals surface area contributed by atoms with Gasteiger partial charge in [0.15, 0.2) is 0 Å². The Balaban J connectivity index is 1.82. The minimum absolute atomic E-state index is 0.552. The number of ether oxygens (including phenoxy) is 1. The van der Waals surface area contributed by atoms with Crippen LogP contribution in [0, 0.1) is 0 Å². The highest BCUT2D eigenvalue weighted by Gasteiger charge is 2.26. The van der Waals surface area contributed by atoms with E-state index in [1.54, 1.807) is 18.4 Å². The number of fused-ring (bicyclic) bond motifs is 1. The molecule has 0 N–H and O–H groups in total. The third-order valence-electron chi connectivity index (χ3n) is 3.72. The van der Waals surface area contributed by atoms with E-state index in [4.69, 9.17) is 21.3 Å². The van der Waals surface area contributed by atoms with Crippen LogP contribution in [0.4, 0.5) is 0 Å². The molecular formula is C16H13ClN2OS. The molecule has 106 valence electrons. The molecule has 0 saturated heterocycles. The molecule has 21 heavy (non-hydrogen) atoms. The second-order valence-corrected chi connectivity index (χ2v) is 6.44. The lowest BCUT2D eigenvalue weighted by atomic mass is 10.2. The average molecular weight is 317 g/mol. The number of hydrogen-bond acceptors (Lipinski definition) is 4. The number of thiazole rings is 1. The van der Waals surface area contributed by atoms with Gasteiger partial charge in [-0.05, 0) is 31.0 Å². The molecule has 4 rings (SSSR count). The predicted molar refractivity (Wildman–Crippen MR) is 86.4 cm³/mol. The maximum absolute atomic E-state index is 6.36. The van der Waals surface area contributed by atoms with Gasteiger partial charge in [-0.2, -0.15) is 0 Å². The van der Waals surface area contributed by atoms with Gasteiger partial charge in [0.2, 0.25) is 0 Å². The van der Waals surface area contributed by atoms with Gasteiger partial charge in [-0.1, -0.05) is 17.7 Å². The van der Waals surface area contributed by atoms with Crippen molar-refractivity contribution >= 4 is 33.8 Å². The molecule has 1 fully saturated rings. The Bertz CT molecular complexity index is 826. The van der Waals surface area contributed by atoms with Gasteiger partial charge < -0.3 is 4.74 Å². The molecule has 0 spiro atoms. The summed E-state index contributed by atoms with van der Waals surface area (Å²) in [5.41, 5.74) is 2.83. The number of pyridine rings is 1. The Morgan fingerprint density at radius 2 is 2.00 bits per heavy atom. The van der Waals surface area contributed by atoms with E-state index in [9.17, 15) is 0 Å². The van der Waals surface area contributed by atoms with Crippen LogP contribution >= 0.6 is 22.9 Å². The molecule has 0 atom stereocenters. The molecule has 3 nitrogen and oxygen atoms in total. The predicted octanol–water partition coefficient (Wildman–Crippen LogP) is 4.90. The third kappa shape index (κ3) is 2.28. The Labute approximate surface area is 131 Å². The second-order valence-electron chi connectivity index (χ2n) is 5.20. The van der Waals surface area contributed by atoms with Gasteiger partial charge in [-0.3, -0.25) is 0 Å². The Kier molecular flexibility index (Phi) is 3.08. The Morgan fingerprint density at radius 1 is 1.19 bits per heavy atom. The topological polar surface area (TPSA) is 35.0 Å². The quantitative estimate of drug-likeness (QED) is 0.689. The number of methoxy groups -OCH3 is 1. The summed E-state index contributed by atoms with van der Waals surface area (Å²) in [5, 5.41) is 4.66. The molecule has 0 bridgehead atoms. The van der Waals surface area contributed by atoms with E-state index in [0.29, 0.717) is 16.7 Å². The minimum atomic E-state index is 0.552. The molecule has 1 aromatic carbocycles. The van der Waals surface area contributed by atoms with Crippen LogP contribution in [-0.4, -0.2) is 17.1 Å². The van der Waals surface area contributed by atoms with Crippen molar-refractivity contribution in [1.29, 1.82) is 0 Å². The van der Waals surface area contributed by atoms with Gasteiger partial charge in [-0.25, -0.2) is 9.97 Å². The van der Waals surface area contributed by atoms with E-state index in [2.05, 4.69) is 10.4 Å². The average Bonchev–Trinajstić information content (AvgIpc) is 3.25. The Morgan fingerprint density at radius 3 is 2.76 bits per heavy atom. The highest BCUT2D eigenvalue weighted by Crippen LogP contribution is 2.41. The summed E-state index contributed by atoms with van der Waals surface area (Å²) in [6, 6.07) is 7.86. The number of benzene rings is 1. The van der Waals surface area contributed by atoms with E-state index in [0.717, 1.165) is 21.6 Å². The minimum Gasteiger partial charge on any atom is -0.495 e. The van der Waals surface area contributed by atoms with Crippen LogP contribution in [0.25, 0.3) is 21.6 Å². The molecule has 2 heterocycles. The van der Waals surface area contributed by atoms with Crippen LogP contribution in [0.15, 0.2) is 29.6 Å². The fourth-order valence-electron chi connectivity index (χ4n) is 2.38. The van der Waals surface area contributed by atoms with Crippen molar-refractivity contribution in [3.05, 3.63) is 40.4 Å². The van der Waals surface area contributed by atoms with Crippen molar-refractivity contribution in [3.8, 4) is 16.5 Å². The van der Waals surface area contributed by atoms with Crippen LogP contribution in [-0.2, 0) is 0 Å². The van der Waals surface area contributed by atoms with Gasteiger partial charge in [0.1, 0.15) is 15.8 Å². The van der Waals surface area contributed by atoms with Crippen molar-refractivity contribution in [3.63, 3.8) is 0 Å². The first-order chi connectivity index (χ1) is 10.3. The standard InChI is InChI=1S/C16H13ClN2OS/c1-20-13-7-5-10-4-6-11(18-15(10)14(13)17)16-19-12(8-21-16)9-2-3-9/h4-9H,2-3H2,1H3. The number of hydrogen-bond donors (Lipinski definition) is 0. The van der Waals surface area contributed by atoms with Crippen LogP contribution in [0.1, 0.15) is 24.5 Å². The van der Waals surface area contributed by atoms with E-state index >= 15 is 0 Å². The van der Waals surface area contributed by atoms with Crippen molar-refractivity contribution in [1.82, 2.24) is 9.97 Å². The molecule has 0 amide bonds. The molecule has 1 aliphatic carbocycles. The Hall–Kier alpha value is -1.65. The van der Waals surface area contributed by atoms with Crippen molar-refractivity contribution in [2.24, 2.45) is 0 Å². The summed E-state index contributed by atoms with van der Waals surface area (Å²) in [5.74, 6) is 1.31. The highest BCUT2D eigenvalue weighted by atomic mass is 35.5. The van der Waals surface area contributed by atoms with Gasteiger partial charge in [0.25, 0.3) is 0 Å². The zero-order chi connectivity index (χ0) is 14.4. The summed E-state index contributed by atoms with van der Waals surface area (Å²) in [4.78, 5) is 9.39. The van der Waals surface area contributed by atoms with Crippen LogP contribution in [0.3, 0.4) is 0 Å². The fourth-order valence-corrected chi connectivity index (χ4v) is 3.54. The molecule has 1 aliphatic rings. The van der Waals surface area contributed by atoms with E-state index in [1.165, 1.54) is 18.5 Å². The number of aromatic nitrogens is 2. The van der Waals surface area contributed by atoms with Crippen molar-refractivity contribution < 1.29 is 4.74 Å². The first-order valence-corrected chi connectivity index (χ1v) is 8.11. The molecular weight excluding hydrogens is 304 g/mol. The molecule has 3 aromatic rings. The highest BCUT2D eigenvalue weighted by molar-refractivity contribution is 7.13. The summed E-state index contributed by atoms with van der Waals surface area (Å²) >= 11 is 8.01. The lowest BCUT2D eigenvalue weighted by molar-refractivity contribution is 0.415. The van der Waals surface area contributed by atoms with Gasteiger partial charge in [-0.15, -0.1) is 11.3 Å². The first-order valence-electron chi connectivity index (χ1n) is 6.85. The SMILES string of the molecule is COc1ccc2ccc(-c3nc(C4CC4)cs3)nc2c1Cl. The maximum atomic E-state index is 6.36. The fraction of sp³-hybridized carbons (Fsp3) is 0.250. The lowest BCUT2D eigenvalue weighted by Crippen LogP contribution is -1.90. The lowest BCUT2D eigenvalue weighted by Gasteiger charge is -2.06. The van der Waals surface area contributed by atoms with Gasteiger partial charge >= 0.3 is 0 Å². The summed E-state index contributed by atoms with van der Waals surface area (Å²) in [7, 11) is 1.61. The zero-order valence-electron chi connectivity index (χ0n) is 11.5. The largest absolute Gasteiger partial charge is 0.495 e. The molecule has 2 aromatic heterocycles. The number of nitrogens with zero attached hydrogens (tertiary/aromatic N) is 2. The monoisotopic (exact) mass is 316 g/mol. The smallest absolute Gasteiger partial charge is 0.142 e. The summed E-state index contributed by atoms with van der Waals surface area (Å²) in [6.45, 7) is 0. The molecule has 0 unspecified atom stereocenters. The molecule has 0 radical (unpaired) electrons. The molecule has 5 heteroatoms. The maximum Gasteiger partial charge on any atom is 0.142 e. The second kappa shape index (κ2) is 4.97. The molecule has 1 saturated carbocycles. The summed E-state index contributed by atoms with van der Waals surface area (Å²) < 4.78 is 5.26. The van der Waals surface area contributed by atoms with Crippen LogP contribution in [0.5, 0.6) is 5.75 Å². The zero-order valence-corrected chi connectivity index (χ0v) is 13.0. The van der Waals surface area contributed by atoms with E-state index < -0.39 is 0 Å². The normalized spacial score (nSPS) is 14.6. The van der Waals surface area contributed by atoms with Crippen molar-refractivity contribution in [2.45, 2.75) is 18.8 Å². The summed E-state index contributed by atoms with van der Waals surface area (Å²) in [6.07, 6.45) is 2.52. The van der Waals surface area contributed by atoms with Crippen LogP contribution in [0.2, 0.25) is 5.02 Å². The van der Waals surface area contributed by atoms with Gasteiger partial charge in [0.05, 0.1) is 24.0 Å². The van der Waals surface area contributed by atoms with E-state index in [-0.39, 0.29) is 0 Å². The number of rotatable bonds is 3. The third-order valence-corrected chi connectivity index (χ3v) is 4.97. The number of halogens is 1. The first kappa shape index (κ1) is 13.0. The van der Waals surface area contributed by atoms with Crippen LogP contribution < -0.4 is 4.74 Å².